The molecule has 0 radical (unpaired) electrons. The van der Waals surface area contributed by atoms with Crippen molar-refractivity contribution >= 4 is 0 Å². The third-order valence-electron chi connectivity index (χ3n) is 4.81. The van der Waals surface area contributed by atoms with Gasteiger partial charge in [-0.25, -0.2) is 0 Å². The smallest absolute Gasteiger partial charge is 0.0254 e. The molecule has 1 saturated carbocycles. The number of nitrogens with zero attached hydrogens (tertiary/aromatic N) is 1. The summed E-state index contributed by atoms with van der Waals surface area (Å²) in [5, 5.41) is 3.53. The summed E-state index contributed by atoms with van der Waals surface area (Å²) in [5.74, 6) is 0. The maximum absolute atomic E-state index is 3.53. The lowest BCUT2D eigenvalue weighted by molar-refractivity contribution is 0.0804. The summed E-state index contributed by atoms with van der Waals surface area (Å²) in [4.78, 5) is 2.54. The van der Waals surface area contributed by atoms with Gasteiger partial charge in [-0.15, -0.1) is 0 Å². The Kier molecular flexibility index (Phi) is 4.87. The van der Waals surface area contributed by atoms with Gasteiger partial charge in [-0.3, -0.25) is 4.90 Å². The zero-order valence-corrected chi connectivity index (χ0v) is 13.7. The van der Waals surface area contributed by atoms with E-state index < -0.39 is 0 Å². The lowest BCUT2D eigenvalue weighted by atomic mass is 9.72. The molecule has 112 valence electrons. The van der Waals surface area contributed by atoms with Crippen molar-refractivity contribution in [2.45, 2.75) is 58.7 Å². The molecule has 1 aliphatic rings. The van der Waals surface area contributed by atoms with Crippen molar-refractivity contribution in [1.29, 1.82) is 0 Å². The first-order chi connectivity index (χ1) is 9.41. The van der Waals surface area contributed by atoms with E-state index >= 15 is 0 Å². The molecule has 2 nitrogen and oxygen atoms in total. The van der Waals surface area contributed by atoms with Crippen LogP contribution in [0.15, 0.2) is 24.3 Å². The summed E-state index contributed by atoms with van der Waals surface area (Å²) < 4.78 is 0. The van der Waals surface area contributed by atoms with Crippen molar-refractivity contribution in [1.82, 2.24) is 10.2 Å². The van der Waals surface area contributed by atoms with Gasteiger partial charge in [0.1, 0.15) is 0 Å². The van der Waals surface area contributed by atoms with Gasteiger partial charge >= 0.3 is 0 Å². The van der Waals surface area contributed by atoms with Crippen molar-refractivity contribution in [3.05, 3.63) is 35.4 Å². The van der Waals surface area contributed by atoms with E-state index in [1.54, 1.807) is 0 Å². The highest BCUT2D eigenvalue weighted by Crippen LogP contribution is 2.37. The summed E-state index contributed by atoms with van der Waals surface area (Å²) in [5.41, 5.74) is 3.24. The molecule has 1 aromatic carbocycles. The van der Waals surface area contributed by atoms with Crippen molar-refractivity contribution in [3.8, 4) is 0 Å². The second kappa shape index (κ2) is 6.28. The standard InChI is InChI=1S/C18H30N2/c1-14-7-6-8-15(11-14)13-20(5)17-12-18(2,3)10-9-16(17)19-4/h6-8,11,16-17,19H,9-10,12-13H2,1-5H3. The van der Waals surface area contributed by atoms with E-state index in [1.807, 2.05) is 0 Å². The highest BCUT2D eigenvalue weighted by atomic mass is 15.2. The summed E-state index contributed by atoms with van der Waals surface area (Å²) >= 11 is 0. The van der Waals surface area contributed by atoms with Crippen LogP contribution in [0, 0.1) is 12.3 Å². The Bertz CT molecular complexity index is 439. The number of likely N-dealkylation sites (N-methyl/N-ethyl adjacent to an activating group) is 2. The predicted octanol–water partition coefficient (Wildman–Crippen LogP) is 3.59. The van der Waals surface area contributed by atoms with Crippen LogP contribution in [0.3, 0.4) is 0 Å². The topological polar surface area (TPSA) is 15.3 Å². The first kappa shape index (κ1) is 15.5. The van der Waals surface area contributed by atoms with Crippen LogP contribution in [0.25, 0.3) is 0 Å². The Labute approximate surface area is 124 Å². The molecule has 1 aromatic rings. The molecule has 0 spiro atoms. The summed E-state index contributed by atoms with van der Waals surface area (Å²) in [6.07, 6.45) is 3.89. The second-order valence-electron chi connectivity index (χ2n) is 7.27. The van der Waals surface area contributed by atoms with Crippen LogP contribution >= 0.6 is 0 Å². The van der Waals surface area contributed by atoms with Gasteiger partial charge in [-0.2, -0.15) is 0 Å². The molecule has 0 aromatic heterocycles. The molecule has 1 fully saturated rings. The average molecular weight is 274 g/mol. The zero-order chi connectivity index (χ0) is 14.8. The zero-order valence-electron chi connectivity index (χ0n) is 13.7. The van der Waals surface area contributed by atoms with Crippen LogP contribution in [0.1, 0.15) is 44.2 Å². The van der Waals surface area contributed by atoms with Gasteiger partial charge < -0.3 is 5.32 Å². The third-order valence-corrected chi connectivity index (χ3v) is 4.81. The largest absolute Gasteiger partial charge is 0.315 e. The monoisotopic (exact) mass is 274 g/mol. The van der Waals surface area contributed by atoms with Crippen LogP contribution in [0.4, 0.5) is 0 Å². The fourth-order valence-corrected chi connectivity index (χ4v) is 3.56. The maximum Gasteiger partial charge on any atom is 0.0254 e. The normalized spacial score (nSPS) is 25.9. The molecule has 2 unspecified atom stereocenters. The van der Waals surface area contributed by atoms with Crippen molar-refractivity contribution in [2.75, 3.05) is 14.1 Å². The third kappa shape index (κ3) is 3.83. The lowest BCUT2D eigenvalue weighted by Gasteiger charge is -2.45. The van der Waals surface area contributed by atoms with Gasteiger partial charge in [-0.05, 0) is 51.3 Å². The van der Waals surface area contributed by atoms with E-state index in [9.17, 15) is 0 Å². The first-order valence-electron chi connectivity index (χ1n) is 7.84. The number of hydrogen-bond donors (Lipinski definition) is 1. The quantitative estimate of drug-likeness (QED) is 0.902. The molecule has 1 aliphatic carbocycles. The number of nitrogens with one attached hydrogen (secondary N) is 1. The second-order valence-corrected chi connectivity index (χ2v) is 7.27. The molecule has 0 aliphatic heterocycles. The van der Waals surface area contributed by atoms with Gasteiger partial charge in [0, 0.05) is 18.6 Å². The SMILES string of the molecule is CNC1CCC(C)(C)CC1N(C)Cc1cccc(C)c1. The molecule has 2 heteroatoms. The fraction of sp³-hybridized carbons (Fsp3) is 0.667. The summed E-state index contributed by atoms with van der Waals surface area (Å²) in [6.45, 7) is 8.03. The molecule has 0 saturated heterocycles. The Balaban J connectivity index is 2.07. The number of aryl methyl sites for hydroxylation is 1. The van der Waals surface area contributed by atoms with E-state index in [1.165, 1.54) is 30.4 Å². The Morgan fingerprint density at radius 2 is 2.10 bits per heavy atom. The highest BCUT2D eigenvalue weighted by molar-refractivity contribution is 5.22. The number of rotatable bonds is 4. The van der Waals surface area contributed by atoms with Gasteiger partial charge in [0.2, 0.25) is 0 Å². The molecule has 1 N–H and O–H groups in total. The molecule has 2 atom stereocenters. The number of hydrogen-bond acceptors (Lipinski definition) is 2. The van der Waals surface area contributed by atoms with E-state index in [0.29, 0.717) is 17.5 Å². The van der Waals surface area contributed by atoms with E-state index in [-0.39, 0.29) is 0 Å². The van der Waals surface area contributed by atoms with E-state index in [0.717, 1.165) is 6.54 Å². The molecule has 0 amide bonds. The van der Waals surface area contributed by atoms with Crippen molar-refractivity contribution in [3.63, 3.8) is 0 Å². The van der Waals surface area contributed by atoms with E-state index in [4.69, 9.17) is 0 Å². The van der Waals surface area contributed by atoms with Crippen LogP contribution in [0.5, 0.6) is 0 Å². The van der Waals surface area contributed by atoms with Crippen molar-refractivity contribution < 1.29 is 0 Å². The molecule has 0 heterocycles. The fourth-order valence-electron chi connectivity index (χ4n) is 3.56. The van der Waals surface area contributed by atoms with Gasteiger partial charge in [0.15, 0.2) is 0 Å². The molecule has 2 rings (SSSR count). The Morgan fingerprint density at radius 3 is 2.75 bits per heavy atom. The Hall–Kier alpha value is -0.860. The molecule has 0 bridgehead atoms. The van der Waals surface area contributed by atoms with Crippen LogP contribution < -0.4 is 5.32 Å². The summed E-state index contributed by atoms with van der Waals surface area (Å²) in [6, 6.07) is 10.1. The van der Waals surface area contributed by atoms with E-state index in [2.05, 4.69) is 69.3 Å². The van der Waals surface area contributed by atoms with Gasteiger partial charge in [-0.1, -0.05) is 43.7 Å². The number of benzene rings is 1. The minimum absolute atomic E-state index is 0.471. The highest BCUT2D eigenvalue weighted by Gasteiger charge is 2.36. The summed E-state index contributed by atoms with van der Waals surface area (Å²) in [7, 11) is 4.38. The maximum atomic E-state index is 3.53. The van der Waals surface area contributed by atoms with Gasteiger partial charge in [0.25, 0.3) is 0 Å². The molecule has 20 heavy (non-hydrogen) atoms. The van der Waals surface area contributed by atoms with Crippen LogP contribution in [-0.4, -0.2) is 31.1 Å². The predicted molar refractivity (Wildman–Crippen MR) is 86.9 cm³/mol. The van der Waals surface area contributed by atoms with Gasteiger partial charge in [0.05, 0.1) is 0 Å². The minimum Gasteiger partial charge on any atom is -0.315 e. The average Bonchev–Trinajstić information content (AvgIpc) is 2.37. The lowest BCUT2D eigenvalue weighted by Crippen LogP contribution is -2.52. The van der Waals surface area contributed by atoms with Crippen LogP contribution in [0.2, 0.25) is 0 Å². The molecular weight excluding hydrogens is 244 g/mol. The van der Waals surface area contributed by atoms with Crippen molar-refractivity contribution in [2.24, 2.45) is 5.41 Å². The van der Waals surface area contributed by atoms with Crippen LogP contribution in [-0.2, 0) is 6.54 Å². The molecular formula is C18H30N2. The first-order valence-corrected chi connectivity index (χ1v) is 7.84. The Morgan fingerprint density at radius 1 is 1.35 bits per heavy atom. The minimum atomic E-state index is 0.471.